The molecule has 0 atom stereocenters. The lowest BCUT2D eigenvalue weighted by Gasteiger charge is -2.07. The van der Waals surface area contributed by atoms with Gasteiger partial charge in [-0.1, -0.05) is 6.07 Å². The summed E-state index contributed by atoms with van der Waals surface area (Å²) in [6, 6.07) is 7.08. The van der Waals surface area contributed by atoms with Crippen LogP contribution >= 0.6 is 0 Å². The highest BCUT2D eigenvalue weighted by molar-refractivity contribution is 5.21. The molecule has 0 aliphatic rings. The maximum absolute atomic E-state index is 13.2. The quantitative estimate of drug-likeness (QED) is 0.795. The summed E-state index contributed by atoms with van der Waals surface area (Å²) in [4.78, 5) is 3.83. The molecule has 0 saturated carbocycles. The van der Waals surface area contributed by atoms with Crippen molar-refractivity contribution >= 4 is 0 Å². The van der Waals surface area contributed by atoms with E-state index in [4.69, 9.17) is 4.74 Å². The zero-order valence-electron chi connectivity index (χ0n) is 8.36. The zero-order chi connectivity index (χ0) is 11.4. The van der Waals surface area contributed by atoms with Gasteiger partial charge in [-0.2, -0.15) is 0 Å². The fourth-order valence-electron chi connectivity index (χ4n) is 1.26. The third-order valence-corrected chi connectivity index (χ3v) is 2.08. The summed E-state index contributed by atoms with van der Waals surface area (Å²) in [5.74, 6) is -0.738. The van der Waals surface area contributed by atoms with Gasteiger partial charge in [0.15, 0.2) is 0 Å². The molecule has 2 aromatic rings. The molecule has 0 bridgehead atoms. The molecule has 2 nitrogen and oxygen atoms in total. The summed E-state index contributed by atoms with van der Waals surface area (Å²) >= 11 is 0. The number of rotatable bonds is 3. The van der Waals surface area contributed by atoms with Gasteiger partial charge in [-0.3, -0.25) is 4.98 Å². The molecule has 0 aliphatic heterocycles. The number of nitrogens with zero attached hydrogens (tertiary/aromatic N) is 1. The van der Waals surface area contributed by atoms with E-state index in [9.17, 15) is 8.78 Å². The number of halogens is 2. The first kappa shape index (κ1) is 10.5. The van der Waals surface area contributed by atoms with Gasteiger partial charge in [-0.05, 0) is 24.3 Å². The average Bonchev–Trinajstić information content (AvgIpc) is 2.30. The van der Waals surface area contributed by atoms with Crippen molar-refractivity contribution in [2.24, 2.45) is 0 Å². The Morgan fingerprint density at radius 1 is 1.06 bits per heavy atom. The van der Waals surface area contributed by atoms with Gasteiger partial charge in [0.1, 0.15) is 24.0 Å². The summed E-state index contributed by atoms with van der Waals surface area (Å²) in [5, 5.41) is 0. The third-order valence-electron chi connectivity index (χ3n) is 2.08. The van der Waals surface area contributed by atoms with Crippen LogP contribution in [0.5, 0.6) is 5.75 Å². The normalized spacial score (nSPS) is 10.1. The van der Waals surface area contributed by atoms with Crippen LogP contribution in [0, 0.1) is 11.6 Å². The predicted octanol–water partition coefficient (Wildman–Crippen LogP) is 2.94. The van der Waals surface area contributed by atoms with Crippen LogP contribution in [0.15, 0.2) is 42.7 Å². The van der Waals surface area contributed by atoms with Crippen LogP contribution in [0.3, 0.4) is 0 Å². The molecule has 0 spiro atoms. The van der Waals surface area contributed by atoms with Crippen molar-refractivity contribution in [1.29, 1.82) is 0 Å². The average molecular weight is 221 g/mol. The third kappa shape index (κ3) is 2.34. The predicted molar refractivity (Wildman–Crippen MR) is 54.9 cm³/mol. The van der Waals surface area contributed by atoms with Crippen LogP contribution in [-0.4, -0.2) is 4.98 Å². The van der Waals surface area contributed by atoms with Crippen molar-refractivity contribution in [2.75, 3.05) is 0 Å². The Hall–Kier alpha value is -1.97. The van der Waals surface area contributed by atoms with Crippen molar-refractivity contribution in [3.8, 4) is 5.75 Å². The van der Waals surface area contributed by atoms with Crippen molar-refractivity contribution in [3.05, 3.63) is 59.9 Å². The molecule has 1 aromatic heterocycles. The summed E-state index contributed by atoms with van der Waals surface area (Å²) in [6.45, 7) is -0.149. The standard InChI is InChI=1S/C12H9F2NO/c13-11-4-1-5-12(14)10(11)8-16-9-3-2-6-15-7-9/h1-7H,8H2. The molecule has 0 radical (unpaired) electrons. The molecule has 0 N–H and O–H groups in total. The fraction of sp³-hybridized carbons (Fsp3) is 0.0833. The Labute approximate surface area is 91.5 Å². The molecule has 1 heterocycles. The molecule has 82 valence electrons. The van der Waals surface area contributed by atoms with Crippen LogP contribution in [0.2, 0.25) is 0 Å². The Kier molecular flexibility index (Phi) is 3.10. The Morgan fingerprint density at radius 2 is 1.81 bits per heavy atom. The lowest BCUT2D eigenvalue weighted by atomic mass is 10.2. The highest BCUT2D eigenvalue weighted by atomic mass is 19.1. The molecular formula is C12H9F2NO. The van der Waals surface area contributed by atoms with E-state index in [1.807, 2.05) is 0 Å². The molecular weight excluding hydrogens is 212 g/mol. The summed E-state index contributed by atoms with van der Waals surface area (Å²) in [6.07, 6.45) is 3.08. The zero-order valence-corrected chi connectivity index (χ0v) is 8.36. The van der Waals surface area contributed by atoms with E-state index in [1.54, 1.807) is 18.3 Å². The van der Waals surface area contributed by atoms with Crippen molar-refractivity contribution in [1.82, 2.24) is 4.98 Å². The largest absolute Gasteiger partial charge is 0.487 e. The Balaban J connectivity index is 2.11. The van der Waals surface area contributed by atoms with Gasteiger partial charge >= 0.3 is 0 Å². The van der Waals surface area contributed by atoms with Crippen molar-refractivity contribution < 1.29 is 13.5 Å². The monoisotopic (exact) mass is 221 g/mol. The van der Waals surface area contributed by atoms with E-state index in [0.717, 1.165) is 0 Å². The Morgan fingerprint density at radius 3 is 2.44 bits per heavy atom. The summed E-state index contributed by atoms with van der Waals surface area (Å²) in [5.41, 5.74) is -0.0775. The van der Waals surface area contributed by atoms with E-state index in [0.29, 0.717) is 5.75 Å². The minimum Gasteiger partial charge on any atom is -0.487 e. The first-order chi connectivity index (χ1) is 7.77. The van der Waals surface area contributed by atoms with Gasteiger partial charge in [-0.25, -0.2) is 8.78 Å². The van der Waals surface area contributed by atoms with E-state index in [1.165, 1.54) is 24.4 Å². The van der Waals surface area contributed by atoms with Crippen LogP contribution in [0.25, 0.3) is 0 Å². The first-order valence-electron chi connectivity index (χ1n) is 4.73. The molecule has 16 heavy (non-hydrogen) atoms. The van der Waals surface area contributed by atoms with E-state index < -0.39 is 11.6 Å². The maximum atomic E-state index is 13.2. The molecule has 0 unspecified atom stereocenters. The molecule has 0 amide bonds. The van der Waals surface area contributed by atoms with Gasteiger partial charge in [0.2, 0.25) is 0 Å². The van der Waals surface area contributed by atoms with Crippen molar-refractivity contribution in [3.63, 3.8) is 0 Å². The minimum absolute atomic E-state index is 0.0775. The van der Waals surface area contributed by atoms with Gasteiger partial charge in [-0.15, -0.1) is 0 Å². The fourth-order valence-corrected chi connectivity index (χ4v) is 1.26. The van der Waals surface area contributed by atoms with E-state index in [2.05, 4.69) is 4.98 Å². The van der Waals surface area contributed by atoms with E-state index >= 15 is 0 Å². The summed E-state index contributed by atoms with van der Waals surface area (Å²) < 4.78 is 31.6. The topological polar surface area (TPSA) is 22.1 Å². The van der Waals surface area contributed by atoms with Crippen LogP contribution in [-0.2, 0) is 6.61 Å². The van der Waals surface area contributed by atoms with Gasteiger partial charge in [0.05, 0.1) is 11.8 Å². The molecule has 0 fully saturated rings. The van der Waals surface area contributed by atoms with Gasteiger partial charge in [0, 0.05) is 6.20 Å². The molecule has 2 rings (SSSR count). The number of hydrogen-bond donors (Lipinski definition) is 0. The number of aromatic nitrogens is 1. The lowest BCUT2D eigenvalue weighted by Crippen LogP contribution is -2.01. The van der Waals surface area contributed by atoms with Crippen LogP contribution in [0.1, 0.15) is 5.56 Å². The highest BCUT2D eigenvalue weighted by Crippen LogP contribution is 2.15. The molecule has 1 aromatic carbocycles. The Bertz CT molecular complexity index is 453. The smallest absolute Gasteiger partial charge is 0.138 e. The van der Waals surface area contributed by atoms with Gasteiger partial charge < -0.3 is 4.74 Å². The number of pyridine rings is 1. The van der Waals surface area contributed by atoms with Gasteiger partial charge in [0.25, 0.3) is 0 Å². The van der Waals surface area contributed by atoms with Crippen molar-refractivity contribution in [2.45, 2.75) is 6.61 Å². The highest BCUT2D eigenvalue weighted by Gasteiger charge is 2.08. The molecule has 0 aliphatic carbocycles. The molecule has 4 heteroatoms. The second-order valence-corrected chi connectivity index (χ2v) is 3.18. The lowest BCUT2D eigenvalue weighted by molar-refractivity contribution is 0.291. The summed E-state index contributed by atoms with van der Waals surface area (Å²) in [7, 11) is 0. The second kappa shape index (κ2) is 4.70. The van der Waals surface area contributed by atoms with Crippen LogP contribution < -0.4 is 4.74 Å². The minimum atomic E-state index is -0.608. The maximum Gasteiger partial charge on any atom is 0.138 e. The number of benzene rings is 1. The SMILES string of the molecule is Fc1cccc(F)c1COc1cccnc1. The first-order valence-corrected chi connectivity index (χ1v) is 4.73. The molecule has 0 saturated heterocycles. The van der Waals surface area contributed by atoms with E-state index in [-0.39, 0.29) is 12.2 Å². The second-order valence-electron chi connectivity index (χ2n) is 3.18. The van der Waals surface area contributed by atoms with Crippen LogP contribution in [0.4, 0.5) is 8.78 Å². The number of ether oxygens (including phenoxy) is 1. The number of hydrogen-bond acceptors (Lipinski definition) is 2.